The van der Waals surface area contributed by atoms with E-state index >= 15 is 0 Å². The number of hydrogen-bond acceptors (Lipinski definition) is 9. The molecule has 6 amide bonds. The average molecular weight is 753 g/mol. The van der Waals surface area contributed by atoms with Crippen molar-refractivity contribution in [2.24, 2.45) is 0 Å². The minimum absolute atomic E-state index is 0.0425. The van der Waals surface area contributed by atoms with Crippen molar-refractivity contribution in [3.8, 4) is 5.75 Å². The van der Waals surface area contributed by atoms with Crippen molar-refractivity contribution in [1.82, 2.24) is 41.5 Å². The molecule has 2 aromatic heterocycles. The summed E-state index contributed by atoms with van der Waals surface area (Å²) in [6.45, 7) is 2.54. The molecule has 0 aliphatic carbocycles. The number of aromatic amines is 1. The van der Waals surface area contributed by atoms with Crippen LogP contribution >= 0.6 is 0 Å². The van der Waals surface area contributed by atoms with Crippen molar-refractivity contribution in [1.29, 1.82) is 0 Å². The van der Waals surface area contributed by atoms with Crippen molar-refractivity contribution in [2.45, 2.75) is 69.4 Å². The lowest BCUT2D eigenvalue weighted by Gasteiger charge is -2.30. The van der Waals surface area contributed by atoms with Gasteiger partial charge in [0.25, 0.3) is 11.8 Å². The fraction of sp³-hybridized carbons (Fsp3) is 0.359. The molecular weight excluding hydrogens is 708 g/mol. The number of nitrogens with zero attached hydrogens (tertiary/aromatic N) is 2. The maximum absolute atomic E-state index is 14.7. The van der Waals surface area contributed by atoms with Gasteiger partial charge in [-0.15, -0.1) is 0 Å². The number of aliphatic hydroxyl groups is 1. The van der Waals surface area contributed by atoms with Gasteiger partial charge < -0.3 is 46.3 Å². The number of aromatic nitrogens is 2. The Hall–Kier alpha value is -6.29. The van der Waals surface area contributed by atoms with Crippen LogP contribution in [0.3, 0.4) is 0 Å². The lowest BCUT2D eigenvalue weighted by molar-refractivity contribution is -0.143. The number of H-pyrrole nitrogens is 1. The Labute approximate surface area is 316 Å². The molecule has 16 heteroatoms. The summed E-state index contributed by atoms with van der Waals surface area (Å²) >= 11 is 0. The summed E-state index contributed by atoms with van der Waals surface area (Å²) < 4.78 is 5.76. The van der Waals surface area contributed by atoms with Gasteiger partial charge in [0, 0.05) is 60.6 Å². The number of rotatable bonds is 5. The van der Waals surface area contributed by atoms with Gasteiger partial charge in [-0.3, -0.25) is 33.8 Å². The van der Waals surface area contributed by atoms with E-state index in [1.165, 1.54) is 43.3 Å². The van der Waals surface area contributed by atoms with Crippen LogP contribution in [0.25, 0.3) is 10.9 Å². The number of benzene rings is 2. The molecule has 0 unspecified atom stereocenters. The molecule has 0 saturated carbocycles. The van der Waals surface area contributed by atoms with Crippen LogP contribution in [0.2, 0.25) is 0 Å². The fourth-order valence-corrected chi connectivity index (χ4v) is 6.77. The van der Waals surface area contributed by atoms with Crippen molar-refractivity contribution >= 4 is 46.3 Å². The van der Waals surface area contributed by atoms with Gasteiger partial charge in [0.05, 0.1) is 6.10 Å². The predicted molar refractivity (Wildman–Crippen MR) is 199 cm³/mol. The molecule has 1 fully saturated rings. The quantitative estimate of drug-likeness (QED) is 0.137. The Balaban J connectivity index is 1.33. The average Bonchev–Trinajstić information content (AvgIpc) is 3.80. The van der Waals surface area contributed by atoms with E-state index in [9.17, 15) is 33.9 Å². The molecule has 7 rings (SSSR count). The Morgan fingerprint density at radius 3 is 2.45 bits per heavy atom. The number of para-hydroxylation sites is 1. The van der Waals surface area contributed by atoms with Crippen LogP contribution in [0.1, 0.15) is 41.8 Å². The molecule has 6 atom stereocenters. The van der Waals surface area contributed by atoms with Gasteiger partial charge in [0.2, 0.25) is 23.6 Å². The third-order valence-corrected chi connectivity index (χ3v) is 9.72. The van der Waals surface area contributed by atoms with E-state index in [0.717, 1.165) is 22.0 Å². The molecule has 55 heavy (non-hydrogen) atoms. The van der Waals surface area contributed by atoms with Gasteiger partial charge in [-0.2, -0.15) is 0 Å². The highest BCUT2D eigenvalue weighted by Crippen LogP contribution is 2.24. The first-order valence-corrected chi connectivity index (χ1v) is 18.1. The first kappa shape index (κ1) is 38.4. The Bertz CT molecular complexity index is 2040. The maximum Gasteiger partial charge on any atom is 0.258 e. The largest absolute Gasteiger partial charge is 0.484 e. The maximum atomic E-state index is 14.7. The van der Waals surface area contributed by atoms with Gasteiger partial charge in [0.15, 0.2) is 6.61 Å². The zero-order valence-electron chi connectivity index (χ0n) is 30.4. The van der Waals surface area contributed by atoms with E-state index in [1.807, 2.05) is 24.3 Å². The molecule has 7 N–H and O–H groups in total. The number of amides is 6. The van der Waals surface area contributed by atoms with Gasteiger partial charge in [-0.1, -0.05) is 30.3 Å². The van der Waals surface area contributed by atoms with Crippen molar-refractivity contribution < 1.29 is 38.6 Å². The zero-order valence-corrected chi connectivity index (χ0v) is 30.4. The number of fused-ring (bicyclic) bond motifs is 17. The third kappa shape index (κ3) is 9.45. The van der Waals surface area contributed by atoms with E-state index in [4.69, 9.17) is 4.74 Å². The van der Waals surface area contributed by atoms with E-state index in [2.05, 4.69) is 36.6 Å². The van der Waals surface area contributed by atoms with E-state index in [-0.39, 0.29) is 25.9 Å². The molecule has 4 aromatic rings. The van der Waals surface area contributed by atoms with Gasteiger partial charge >= 0.3 is 0 Å². The van der Waals surface area contributed by atoms with Crippen molar-refractivity contribution in [2.75, 3.05) is 19.7 Å². The molecule has 3 aliphatic heterocycles. The second kappa shape index (κ2) is 17.2. The summed E-state index contributed by atoms with van der Waals surface area (Å²) in [5, 5.41) is 25.0. The second-order valence-corrected chi connectivity index (χ2v) is 13.8. The minimum atomic E-state index is -1.50. The molecule has 16 nitrogen and oxygen atoms in total. The number of carbonyl (C=O) groups is 6. The molecule has 1 saturated heterocycles. The molecule has 0 spiro atoms. The molecule has 2 bridgehead atoms. The zero-order chi connectivity index (χ0) is 39.1. The molecular formula is C39H44N8O8. The lowest BCUT2D eigenvalue weighted by Crippen LogP contribution is -2.60. The smallest absolute Gasteiger partial charge is 0.258 e. The van der Waals surface area contributed by atoms with Gasteiger partial charge in [-0.25, -0.2) is 0 Å². The number of hydrogen-bond donors (Lipinski definition) is 7. The predicted octanol–water partition coefficient (Wildman–Crippen LogP) is 0.111. The van der Waals surface area contributed by atoms with E-state index < -0.39 is 78.4 Å². The number of nitrogens with one attached hydrogen (secondary N) is 6. The highest BCUT2D eigenvalue weighted by Gasteiger charge is 2.44. The third-order valence-electron chi connectivity index (χ3n) is 9.72. The van der Waals surface area contributed by atoms with Crippen LogP contribution in [0.5, 0.6) is 5.75 Å². The molecule has 3 aliphatic rings. The van der Waals surface area contributed by atoms with Crippen molar-refractivity contribution in [3.63, 3.8) is 0 Å². The molecule has 2 aromatic carbocycles. The van der Waals surface area contributed by atoms with Crippen LogP contribution in [0.4, 0.5) is 0 Å². The van der Waals surface area contributed by atoms with Crippen LogP contribution in [0, 0.1) is 0 Å². The van der Waals surface area contributed by atoms with Crippen molar-refractivity contribution in [3.05, 3.63) is 95.9 Å². The van der Waals surface area contributed by atoms with Crippen LogP contribution in [-0.4, -0.2) is 111 Å². The highest BCUT2D eigenvalue weighted by atomic mass is 16.5. The first-order chi connectivity index (χ1) is 26.5. The van der Waals surface area contributed by atoms with Gasteiger partial charge in [-0.05, 0) is 68.1 Å². The summed E-state index contributed by atoms with van der Waals surface area (Å²) in [7, 11) is 0. The lowest BCUT2D eigenvalue weighted by atomic mass is 10.0. The molecule has 0 radical (unpaired) electrons. The number of pyridine rings is 1. The summed E-state index contributed by atoms with van der Waals surface area (Å²) in [5.74, 6) is -3.31. The summed E-state index contributed by atoms with van der Waals surface area (Å²) in [6, 6.07) is 11.9. The van der Waals surface area contributed by atoms with E-state index in [0.29, 0.717) is 17.7 Å². The molecule has 288 valence electrons. The number of aliphatic hydroxyl groups excluding tert-OH is 1. The van der Waals surface area contributed by atoms with Crippen LogP contribution < -0.4 is 31.3 Å². The number of ether oxygens (including phenoxy) is 1. The highest BCUT2D eigenvalue weighted by molar-refractivity contribution is 5.98. The topological polar surface area (TPSA) is 224 Å². The van der Waals surface area contributed by atoms with Gasteiger partial charge in [0.1, 0.15) is 29.9 Å². The Morgan fingerprint density at radius 2 is 1.71 bits per heavy atom. The SMILES string of the molecule is C[C@@H]1NC(=O)[C@H]([C@@H](C)O)NC(=O)[C@@H]2C[C@H](NC(=O)c3ccncc3)CN2C(=O)[C@@H](Cc2c[nH]c3ccccc23)NC(=O)COc2ccc(cc2)CCNC1=O. The monoisotopic (exact) mass is 752 g/mol. The molecule has 5 heterocycles. The fourth-order valence-electron chi connectivity index (χ4n) is 6.77. The normalized spacial score (nSPS) is 23.6. The minimum Gasteiger partial charge on any atom is -0.484 e. The number of carbonyl (C=O) groups excluding carboxylic acids is 6. The standard InChI is InChI=1S/C39H44N8O8/c1-22-35(50)41-16-11-24-7-9-28(10-8-24)55-21-33(49)45-31(17-26-19-42-30-6-4-3-5-29(26)30)39(54)47-20-27(44-36(51)25-12-14-40-15-13-25)18-32(47)37(52)46-34(23(2)48)38(53)43-22/h3-10,12-15,19,22-23,27,31-32,34,42,48H,11,16-18,20-21H2,1-2H3,(H,41,50)(H,43,53)(H,44,51)(H,45,49)(H,46,52)/t22-,23+,27-,31+,32-,34-/m0/s1. The van der Waals surface area contributed by atoms with Crippen LogP contribution in [0.15, 0.2) is 79.3 Å². The van der Waals surface area contributed by atoms with Crippen LogP contribution in [-0.2, 0) is 36.8 Å². The summed E-state index contributed by atoms with van der Waals surface area (Å²) in [4.78, 5) is 90.1. The second-order valence-electron chi connectivity index (χ2n) is 13.8. The van der Waals surface area contributed by atoms with E-state index in [1.54, 1.807) is 30.5 Å². The summed E-state index contributed by atoms with van der Waals surface area (Å²) in [5.41, 5.74) is 2.76. The Kier molecular flexibility index (Phi) is 12.0. The Morgan fingerprint density at radius 1 is 0.964 bits per heavy atom. The first-order valence-electron chi connectivity index (χ1n) is 18.1. The summed E-state index contributed by atoms with van der Waals surface area (Å²) in [6.07, 6.45) is 3.75.